The Morgan fingerprint density at radius 2 is 0.662 bits per heavy atom. The molecule has 0 aromatic heterocycles. The fraction of sp³-hybridized carbons (Fsp3) is 0.429. The first-order valence-corrected chi connectivity index (χ1v) is 25.1. The average Bonchev–Trinajstić information content (AvgIpc) is 3.68. The minimum absolute atomic E-state index is 0. The summed E-state index contributed by atoms with van der Waals surface area (Å²) >= 11 is 0. The predicted molar refractivity (Wildman–Crippen MR) is 296 cm³/mol. The largest absolute Gasteiger partial charge is 0.336 e. The van der Waals surface area contributed by atoms with Crippen LogP contribution >= 0.6 is 0 Å². The molecular formula is C63H77BN4. The van der Waals surface area contributed by atoms with Gasteiger partial charge in [0, 0.05) is 89.3 Å². The van der Waals surface area contributed by atoms with Crippen molar-refractivity contribution in [3.8, 4) is 0 Å². The fourth-order valence-corrected chi connectivity index (χ4v) is 13.8. The molecule has 68 heavy (non-hydrogen) atoms. The van der Waals surface area contributed by atoms with Gasteiger partial charge < -0.3 is 19.6 Å². The summed E-state index contributed by atoms with van der Waals surface area (Å²) < 4.78 is 0. The van der Waals surface area contributed by atoms with Gasteiger partial charge in [0.25, 0.3) is 6.71 Å². The van der Waals surface area contributed by atoms with Crippen molar-refractivity contribution in [2.24, 2.45) is 0 Å². The van der Waals surface area contributed by atoms with Gasteiger partial charge in [-0.15, -0.1) is 0 Å². The first kappa shape index (κ1) is 46.3. The third-order valence-electron chi connectivity index (χ3n) is 20.2. The molecule has 0 N–H and O–H groups in total. The summed E-state index contributed by atoms with van der Waals surface area (Å²) in [6.07, 6.45) is 0. The van der Waals surface area contributed by atoms with Gasteiger partial charge in [-0.05, 0) is 161 Å². The molecule has 0 saturated heterocycles. The molecule has 6 aromatic carbocycles. The van der Waals surface area contributed by atoms with Crippen LogP contribution in [0.3, 0.4) is 0 Å². The zero-order valence-electron chi connectivity index (χ0n) is 43.8. The van der Waals surface area contributed by atoms with E-state index in [2.05, 4.69) is 259 Å². The molecule has 0 radical (unpaired) electrons. The van der Waals surface area contributed by atoms with E-state index < -0.39 is 0 Å². The van der Waals surface area contributed by atoms with Crippen molar-refractivity contribution in [3.63, 3.8) is 0 Å². The lowest BCUT2D eigenvalue weighted by atomic mass is 9.33. The second-order valence-electron chi connectivity index (χ2n) is 25.3. The monoisotopic (exact) mass is 901 g/mol. The van der Waals surface area contributed by atoms with Crippen molar-refractivity contribution < 1.29 is 0 Å². The number of nitrogens with zero attached hydrogens (tertiary/aromatic N) is 4. The van der Waals surface area contributed by atoms with Crippen LogP contribution in [0.15, 0.2) is 115 Å². The van der Waals surface area contributed by atoms with Crippen LogP contribution in [0.1, 0.15) is 152 Å². The molecule has 5 heteroatoms. The van der Waals surface area contributed by atoms with Gasteiger partial charge in [-0.25, -0.2) is 0 Å². The molecule has 0 fully saturated rings. The Labute approximate surface area is 410 Å². The van der Waals surface area contributed by atoms with E-state index in [1.165, 1.54) is 95.3 Å². The van der Waals surface area contributed by atoms with Crippen LogP contribution in [0.4, 0.5) is 45.5 Å². The topological polar surface area (TPSA) is 13.0 Å². The van der Waals surface area contributed by atoms with Crippen LogP contribution < -0.4 is 36.0 Å². The highest BCUT2D eigenvalue weighted by atomic mass is 15.3. The van der Waals surface area contributed by atoms with Crippen LogP contribution in [-0.2, 0) is 21.7 Å². The Bertz CT molecular complexity index is 2910. The first-order chi connectivity index (χ1) is 31.1. The van der Waals surface area contributed by atoms with Gasteiger partial charge in [-0.1, -0.05) is 136 Å². The number of benzene rings is 6. The van der Waals surface area contributed by atoms with Gasteiger partial charge >= 0.3 is 0 Å². The van der Waals surface area contributed by atoms with Crippen LogP contribution in [0, 0.1) is 13.8 Å². The minimum Gasteiger partial charge on any atom is -0.336 e. The smallest absolute Gasteiger partial charge is 0.252 e. The molecule has 0 saturated carbocycles. The lowest BCUT2D eigenvalue weighted by molar-refractivity contribution is 0.329. The number of hydrogen-bond donors (Lipinski definition) is 0. The highest BCUT2D eigenvalue weighted by Gasteiger charge is 2.61. The van der Waals surface area contributed by atoms with Crippen LogP contribution in [0.25, 0.3) is 0 Å². The molecule has 6 aliphatic heterocycles. The number of aryl methyl sites for hydroxylation is 2. The standard InChI is InChI=1S/C31H35BN2.C31H38N2.CH4/c1-18-16-23-25-24(17-18)34-27-20(29(4,5)31(34,8)9)13-11-15-22(27)32(25)21-14-10-12-19-26(21)33(23)30(6,7)28(19,2)3;1-21-18-22(32-26-16-12-10-14-24(26)28(2,3)30(32,6)7)20-23(19-21)33-27-17-13-11-15-25(27)29(4,5)31(33,8)9;/h10-17H,1-9H3;10-20H,1-9H3;1H4. The number of para-hydroxylation sites is 4. The van der Waals surface area contributed by atoms with E-state index in [-0.39, 0.29) is 58.0 Å². The molecule has 0 unspecified atom stereocenters. The van der Waals surface area contributed by atoms with E-state index in [4.69, 9.17) is 0 Å². The molecule has 0 aliphatic carbocycles. The van der Waals surface area contributed by atoms with Crippen molar-refractivity contribution >= 4 is 68.6 Å². The molecule has 352 valence electrons. The van der Waals surface area contributed by atoms with Gasteiger partial charge in [0.1, 0.15) is 0 Å². The number of rotatable bonds is 2. The summed E-state index contributed by atoms with van der Waals surface area (Å²) in [4.78, 5) is 10.5. The lowest BCUT2D eigenvalue weighted by Crippen LogP contribution is -2.65. The summed E-state index contributed by atoms with van der Waals surface area (Å²) in [5, 5.41) is 0. The molecule has 12 rings (SSSR count). The van der Waals surface area contributed by atoms with Crippen LogP contribution in [0.2, 0.25) is 0 Å². The summed E-state index contributed by atoms with van der Waals surface area (Å²) in [5.74, 6) is 0. The Morgan fingerprint density at radius 3 is 1.06 bits per heavy atom. The van der Waals surface area contributed by atoms with Gasteiger partial charge in [-0.2, -0.15) is 0 Å². The number of hydrogen-bond acceptors (Lipinski definition) is 4. The van der Waals surface area contributed by atoms with Crippen molar-refractivity contribution in [3.05, 3.63) is 149 Å². The molecule has 0 bridgehead atoms. The molecule has 4 nitrogen and oxygen atoms in total. The van der Waals surface area contributed by atoms with Gasteiger partial charge in [-0.3, -0.25) is 0 Å². The van der Waals surface area contributed by atoms with E-state index in [0.29, 0.717) is 0 Å². The van der Waals surface area contributed by atoms with Crippen LogP contribution in [0.5, 0.6) is 0 Å². The summed E-state index contributed by atoms with van der Waals surface area (Å²) in [6.45, 7) is 43.3. The SMILES string of the molecule is C.Cc1cc(N2c3ccccc3C(C)(C)C2(C)C)cc(N2c3ccccc3C(C)(C)C2(C)C)c1.Cc1cc2c3c(c1)N1c4c(cccc4C(C)(C)C1(C)C)B3c1cccc3c1N2C(C)(C)C3(C)C. The van der Waals surface area contributed by atoms with Crippen molar-refractivity contribution in [1.29, 1.82) is 0 Å². The van der Waals surface area contributed by atoms with Gasteiger partial charge in [0.05, 0.1) is 0 Å². The van der Waals surface area contributed by atoms with Crippen molar-refractivity contribution in [1.82, 2.24) is 0 Å². The predicted octanol–water partition coefficient (Wildman–Crippen LogP) is 14.6. The van der Waals surface area contributed by atoms with Crippen molar-refractivity contribution in [2.45, 2.75) is 176 Å². The minimum atomic E-state index is -0.0561. The quantitative estimate of drug-likeness (QED) is 0.161. The number of anilines is 8. The highest BCUT2D eigenvalue weighted by molar-refractivity contribution is 7.00. The lowest BCUT2D eigenvalue weighted by Gasteiger charge is -2.50. The maximum atomic E-state index is 2.70. The molecule has 0 spiro atoms. The summed E-state index contributed by atoms with van der Waals surface area (Å²) in [7, 11) is 0. The van der Waals surface area contributed by atoms with Crippen LogP contribution in [-0.4, -0.2) is 28.9 Å². The van der Waals surface area contributed by atoms with Crippen molar-refractivity contribution in [2.75, 3.05) is 19.6 Å². The molecule has 6 heterocycles. The fourth-order valence-electron chi connectivity index (χ4n) is 13.8. The molecule has 6 aromatic rings. The second kappa shape index (κ2) is 13.9. The van der Waals surface area contributed by atoms with E-state index >= 15 is 0 Å². The first-order valence-electron chi connectivity index (χ1n) is 25.1. The highest BCUT2D eigenvalue weighted by Crippen LogP contribution is 2.61. The molecular weight excluding hydrogens is 824 g/mol. The normalized spacial score (nSPS) is 21.5. The zero-order valence-corrected chi connectivity index (χ0v) is 43.8. The van der Waals surface area contributed by atoms with Gasteiger partial charge in [0.2, 0.25) is 0 Å². The van der Waals surface area contributed by atoms with E-state index in [1.54, 1.807) is 0 Å². The van der Waals surface area contributed by atoms with E-state index in [1.807, 2.05) is 0 Å². The number of fused-ring (bicyclic) bond motifs is 6. The maximum Gasteiger partial charge on any atom is 0.252 e. The summed E-state index contributed by atoms with van der Waals surface area (Å²) in [6, 6.07) is 44.0. The second-order valence-corrected chi connectivity index (χ2v) is 25.3. The Kier molecular flexibility index (Phi) is 9.46. The van der Waals surface area contributed by atoms with E-state index in [9.17, 15) is 0 Å². The Morgan fingerprint density at radius 1 is 0.338 bits per heavy atom. The molecule has 0 amide bonds. The maximum absolute atomic E-state index is 2.70. The Hall–Kier alpha value is -5.42. The third kappa shape index (κ3) is 5.35. The molecule has 6 aliphatic rings. The van der Waals surface area contributed by atoms with E-state index in [0.717, 1.165) is 0 Å². The third-order valence-corrected chi connectivity index (χ3v) is 20.2. The Balaban J connectivity index is 0.000000156. The average molecular weight is 901 g/mol. The zero-order chi connectivity index (χ0) is 48.1. The summed E-state index contributed by atoms with van der Waals surface area (Å²) in [5.41, 5.74) is 23.8. The molecule has 0 atom stereocenters. The van der Waals surface area contributed by atoms with Gasteiger partial charge in [0.15, 0.2) is 0 Å².